The smallest absolute Gasteiger partial charge is 0.0804 e. The van der Waals surface area contributed by atoms with Crippen molar-refractivity contribution < 1.29 is 4.74 Å². The van der Waals surface area contributed by atoms with Crippen LogP contribution in [-0.2, 0) is 11.3 Å². The zero-order chi connectivity index (χ0) is 7.84. The van der Waals surface area contributed by atoms with Gasteiger partial charge in [-0.2, -0.15) is 0 Å². The molecule has 2 rings (SSSR count). The highest BCUT2D eigenvalue weighted by atomic mass is 127. The van der Waals surface area contributed by atoms with Crippen molar-refractivity contribution in [1.82, 2.24) is 0 Å². The molecule has 11 heavy (non-hydrogen) atoms. The van der Waals surface area contributed by atoms with Crippen LogP contribution in [0.1, 0.15) is 24.2 Å². The van der Waals surface area contributed by atoms with Gasteiger partial charge < -0.3 is 4.74 Å². The van der Waals surface area contributed by atoms with Crippen LogP contribution in [0.25, 0.3) is 0 Å². The van der Waals surface area contributed by atoms with Gasteiger partial charge in [-0.25, -0.2) is 0 Å². The Morgan fingerprint density at radius 3 is 3.18 bits per heavy atom. The van der Waals surface area contributed by atoms with Crippen LogP contribution < -0.4 is 0 Å². The molecule has 0 bridgehead atoms. The Labute approximate surface area is 79.9 Å². The van der Waals surface area contributed by atoms with E-state index >= 15 is 0 Å². The number of ether oxygens (including phenoxy) is 1. The molecule has 1 nitrogen and oxygen atoms in total. The molecule has 1 atom stereocenters. The molecular weight excluding hydrogens is 251 g/mol. The van der Waals surface area contributed by atoms with Crippen molar-refractivity contribution in [3.63, 3.8) is 0 Å². The standard InChI is InChI=1S/C9H9IO/c1-6-9-3-2-8(10)4-7(9)5-11-6/h2-4,6H,5H2,1H3/t6-/m0/s1. The molecule has 0 radical (unpaired) electrons. The first kappa shape index (κ1) is 7.55. The van der Waals surface area contributed by atoms with Gasteiger partial charge in [-0.05, 0) is 52.8 Å². The Morgan fingerprint density at radius 2 is 2.36 bits per heavy atom. The van der Waals surface area contributed by atoms with Crippen LogP contribution >= 0.6 is 22.6 Å². The molecule has 1 aliphatic heterocycles. The number of hydrogen-bond donors (Lipinski definition) is 0. The van der Waals surface area contributed by atoms with E-state index in [0.717, 1.165) is 6.61 Å². The number of halogens is 1. The van der Waals surface area contributed by atoms with E-state index < -0.39 is 0 Å². The van der Waals surface area contributed by atoms with E-state index in [1.165, 1.54) is 14.7 Å². The lowest BCUT2D eigenvalue weighted by molar-refractivity contribution is 0.0796. The molecule has 0 N–H and O–H groups in total. The summed E-state index contributed by atoms with van der Waals surface area (Å²) in [6.07, 6.45) is 0.294. The minimum absolute atomic E-state index is 0.294. The Bertz CT molecular complexity index is 283. The van der Waals surface area contributed by atoms with Crippen LogP contribution in [0.15, 0.2) is 18.2 Å². The predicted octanol–water partition coefficient (Wildman–Crippen LogP) is 2.88. The summed E-state index contributed by atoms with van der Waals surface area (Å²) in [5.41, 5.74) is 2.70. The van der Waals surface area contributed by atoms with Crippen molar-refractivity contribution in [2.75, 3.05) is 0 Å². The number of benzene rings is 1. The third kappa shape index (κ3) is 1.29. The van der Waals surface area contributed by atoms with Gasteiger partial charge in [0.15, 0.2) is 0 Å². The van der Waals surface area contributed by atoms with E-state index in [1.54, 1.807) is 0 Å². The molecular formula is C9H9IO. The predicted molar refractivity (Wildman–Crippen MR) is 52.4 cm³/mol. The summed E-state index contributed by atoms with van der Waals surface area (Å²) in [5.74, 6) is 0. The molecule has 1 heterocycles. The molecule has 58 valence electrons. The van der Waals surface area contributed by atoms with Gasteiger partial charge in [0.1, 0.15) is 0 Å². The van der Waals surface area contributed by atoms with Crippen molar-refractivity contribution in [2.45, 2.75) is 19.6 Å². The summed E-state index contributed by atoms with van der Waals surface area (Å²) in [6, 6.07) is 6.48. The van der Waals surface area contributed by atoms with Gasteiger partial charge in [0, 0.05) is 3.57 Å². The molecule has 0 unspecified atom stereocenters. The zero-order valence-electron chi connectivity index (χ0n) is 6.30. The maximum atomic E-state index is 5.47. The molecule has 0 aromatic heterocycles. The fraction of sp³-hybridized carbons (Fsp3) is 0.333. The average Bonchev–Trinajstić information content (AvgIpc) is 2.32. The van der Waals surface area contributed by atoms with Crippen LogP contribution in [0, 0.1) is 3.57 Å². The number of fused-ring (bicyclic) bond motifs is 1. The minimum atomic E-state index is 0.294. The van der Waals surface area contributed by atoms with Gasteiger partial charge in [0.2, 0.25) is 0 Å². The van der Waals surface area contributed by atoms with E-state index in [0.29, 0.717) is 6.10 Å². The van der Waals surface area contributed by atoms with Gasteiger partial charge in [0.05, 0.1) is 12.7 Å². The van der Waals surface area contributed by atoms with E-state index in [4.69, 9.17) is 4.74 Å². The van der Waals surface area contributed by atoms with Gasteiger partial charge in [0.25, 0.3) is 0 Å². The summed E-state index contributed by atoms with van der Waals surface area (Å²) in [5, 5.41) is 0. The second-order valence-corrected chi connectivity index (χ2v) is 4.04. The van der Waals surface area contributed by atoms with Crippen LogP contribution in [0.5, 0.6) is 0 Å². The first-order valence-corrected chi connectivity index (χ1v) is 4.75. The van der Waals surface area contributed by atoms with E-state index in [2.05, 4.69) is 47.7 Å². The van der Waals surface area contributed by atoms with Crippen molar-refractivity contribution in [2.24, 2.45) is 0 Å². The van der Waals surface area contributed by atoms with E-state index in [-0.39, 0.29) is 0 Å². The zero-order valence-corrected chi connectivity index (χ0v) is 8.46. The molecule has 0 fully saturated rings. The van der Waals surface area contributed by atoms with Gasteiger partial charge in [-0.15, -0.1) is 0 Å². The maximum absolute atomic E-state index is 5.47. The van der Waals surface area contributed by atoms with Crippen LogP contribution in [0.3, 0.4) is 0 Å². The van der Waals surface area contributed by atoms with Crippen molar-refractivity contribution in [3.8, 4) is 0 Å². The summed E-state index contributed by atoms with van der Waals surface area (Å²) in [7, 11) is 0. The molecule has 0 amide bonds. The highest BCUT2D eigenvalue weighted by molar-refractivity contribution is 14.1. The monoisotopic (exact) mass is 260 g/mol. The SMILES string of the molecule is C[C@@H]1OCc2cc(I)ccc21. The Morgan fingerprint density at radius 1 is 1.55 bits per heavy atom. The van der Waals surface area contributed by atoms with E-state index in [9.17, 15) is 0 Å². The molecule has 0 saturated heterocycles. The summed E-state index contributed by atoms with van der Waals surface area (Å²) >= 11 is 2.32. The Hall–Kier alpha value is -0.0900. The van der Waals surface area contributed by atoms with Crippen molar-refractivity contribution >= 4 is 22.6 Å². The number of hydrogen-bond acceptors (Lipinski definition) is 1. The fourth-order valence-corrected chi connectivity index (χ4v) is 1.96. The molecule has 0 spiro atoms. The molecule has 1 aromatic rings. The van der Waals surface area contributed by atoms with Gasteiger partial charge in [-0.1, -0.05) is 6.07 Å². The van der Waals surface area contributed by atoms with Crippen LogP contribution in [0.4, 0.5) is 0 Å². The second-order valence-electron chi connectivity index (χ2n) is 2.80. The average molecular weight is 260 g/mol. The minimum Gasteiger partial charge on any atom is -0.369 e. The first-order valence-electron chi connectivity index (χ1n) is 3.67. The molecule has 1 aliphatic rings. The normalized spacial score (nSPS) is 21.8. The molecule has 0 aliphatic carbocycles. The molecule has 2 heteroatoms. The third-order valence-electron chi connectivity index (χ3n) is 2.03. The Kier molecular flexibility index (Phi) is 1.89. The van der Waals surface area contributed by atoms with Crippen LogP contribution in [0.2, 0.25) is 0 Å². The Balaban J connectivity index is 2.50. The van der Waals surface area contributed by atoms with Crippen LogP contribution in [-0.4, -0.2) is 0 Å². The third-order valence-corrected chi connectivity index (χ3v) is 2.70. The lowest BCUT2D eigenvalue weighted by Crippen LogP contribution is -1.87. The fourth-order valence-electron chi connectivity index (χ4n) is 1.40. The highest BCUT2D eigenvalue weighted by Gasteiger charge is 2.18. The van der Waals surface area contributed by atoms with Gasteiger partial charge >= 0.3 is 0 Å². The summed E-state index contributed by atoms with van der Waals surface area (Å²) < 4.78 is 6.77. The second kappa shape index (κ2) is 2.75. The largest absolute Gasteiger partial charge is 0.369 e. The van der Waals surface area contributed by atoms with Gasteiger partial charge in [-0.3, -0.25) is 0 Å². The highest BCUT2D eigenvalue weighted by Crippen LogP contribution is 2.30. The lowest BCUT2D eigenvalue weighted by atomic mass is 10.1. The summed E-state index contributed by atoms with van der Waals surface area (Å²) in [4.78, 5) is 0. The van der Waals surface area contributed by atoms with E-state index in [1.807, 2.05) is 0 Å². The molecule has 1 aromatic carbocycles. The summed E-state index contributed by atoms with van der Waals surface area (Å²) in [6.45, 7) is 2.88. The number of rotatable bonds is 0. The maximum Gasteiger partial charge on any atom is 0.0804 e. The quantitative estimate of drug-likeness (QED) is 0.652. The van der Waals surface area contributed by atoms with Crippen molar-refractivity contribution in [1.29, 1.82) is 0 Å². The lowest BCUT2D eigenvalue weighted by Gasteiger charge is -2.01. The molecule has 0 saturated carbocycles. The van der Waals surface area contributed by atoms with Crippen molar-refractivity contribution in [3.05, 3.63) is 32.9 Å². The topological polar surface area (TPSA) is 9.23 Å². The first-order chi connectivity index (χ1) is 5.27.